The summed E-state index contributed by atoms with van der Waals surface area (Å²) in [5, 5.41) is 16.0. The molecule has 0 aliphatic heterocycles. The van der Waals surface area contributed by atoms with Gasteiger partial charge in [0.05, 0.1) is 19.1 Å². The van der Waals surface area contributed by atoms with Crippen LogP contribution in [0.2, 0.25) is 0 Å². The molecule has 3 rings (SSSR count). The van der Waals surface area contributed by atoms with Gasteiger partial charge in [-0.3, -0.25) is 9.59 Å². The van der Waals surface area contributed by atoms with Crippen LogP contribution >= 0.6 is 0 Å². The van der Waals surface area contributed by atoms with Crippen molar-refractivity contribution in [3.63, 3.8) is 0 Å². The lowest BCUT2D eigenvalue weighted by Crippen LogP contribution is -2.37. The van der Waals surface area contributed by atoms with Crippen molar-refractivity contribution in [1.29, 1.82) is 0 Å². The summed E-state index contributed by atoms with van der Waals surface area (Å²) in [6.07, 6.45) is 1.40. The van der Waals surface area contributed by atoms with Gasteiger partial charge in [-0.2, -0.15) is 0 Å². The summed E-state index contributed by atoms with van der Waals surface area (Å²) >= 11 is 0. The van der Waals surface area contributed by atoms with E-state index in [1.54, 1.807) is 54.6 Å². The second-order valence-electron chi connectivity index (χ2n) is 6.24. The van der Waals surface area contributed by atoms with Crippen molar-refractivity contribution in [3.8, 4) is 5.75 Å². The highest BCUT2D eigenvalue weighted by molar-refractivity contribution is 6.04. The fourth-order valence-corrected chi connectivity index (χ4v) is 2.62. The first kappa shape index (κ1) is 19.2. The molecule has 1 unspecified atom stereocenters. The van der Waals surface area contributed by atoms with E-state index in [0.717, 1.165) is 0 Å². The summed E-state index contributed by atoms with van der Waals surface area (Å²) in [6, 6.07) is 16.5. The van der Waals surface area contributed by atoms with Gasteiger partial charge in [-0.25, -0.2) is 0 Å². The highest BCUT2D eigenvalue weighted by Crippen LogP contribution is 2.30. The molecule has 2 aromatic carbocycles. The van der Waals surface area contributed by atoms with Gasteiger partial charge >= 0.3 is 0 Å². The van der Waals surface area contributed by atoms with E-state index in [1.165, 1.54) is 26.4 Å². The summed E-state index contributed by atoms with van der Waals surface area (Å²) in [6.45, 7) is 1.42. The summed E-state index contributed by atoms with van der Waals surface area (Å²) in [7, 11) is 1.47. The molecule has 3 N–H and O–H groups in total. The number of anilines is 2. The van der Waals surface area contributed by atoms with Gasteiger partial charge < -0.3 is 24.9 Å². The van der Waals surface area contributed by atoms with Crippen LogP contribution in [0.25, 0.3) is 0 Å². The largest absolute Gasteiger partial charge is 0.495 e. The molecule has 0 spiro atoms. The van der Waals surface area contributed by atoms with Crippen molar-refractivity contribution >= 4 is 23.2 Å². The number of hydrogen-bond donors (Lipinski definition) is 3. The van der Waals surface area contributed by atoms with Gasteiger partial charge in [0.25, 0.3) is 11.8 Å². The zero-order valence-electron chi connectivity index (χ0n) is 15.4. The Morgan fingerprint density at radius 2 is 1.79 bits per heavy atom. The summed E-state index contributed by atoms with van der Waals surface area (Å²) in [5.41, 5.74) is -0.524. The number of carbonyl (C=O) groups is 2. The van der Waals surface area contributed by atoms with Crippen molar-refractivity contribution in [1.82, 2.24) is 0 Å². The molecular weight excluding hydrogens is 360 g/mol. The van der Waals surface area contributed by atoms with Crippen LogP contribution in [0.5, 0.6) is 5.75 Å². The highest BCUT2D eigenvalue weighted by atomic mass is 16.5. The van der Waals surface area contributed by atoms with Crippen molar-refractivity contribution in [3.05, 3.63) is 78.3 Å². The van der Waals surface area contributed by atoms with Crippen LogP contribution in [0.1, 0.15) is 23.0 Å². The van der Waals surface area contributed by atoms with Gasteiger partial charge in [0.2, 0.25) is 0 Å². The Labute approximate surface area is 161 Å². The minimum atomic E-state index is -1.72. The number of rotatable bonds is 6. The van der Waals surface area contributed by atoms with Gasteiger partial charge in [-0.05, 0) is 42.8 Å². The number of methoxy groups -OCH3 is 1. The van der Waals surface area contributed by atoms with E-state index in [9.17, 15) is 14.7 Å². The van der Waals surface area contributed by atoms with Crippen LogP contribution in [0.15, 0.2) is 71.3 Å². The number of furan rings is 1. The third kappa shape index (κ3) is 4.05. The molecule has 0 bridgehead atoms. The standard InChI is InChI=1S/C21H20N2O5/c1-21(26,14-7-4-3-5-8-14)20(25)22-15-10-11-17(27-2)16(13-15)23-19(24)18-9-6-12-28-18/h3-13,26H,1-2H3,(H,22,25)(H,23,24). The molecule has 3 aromatic rings. The van der Waals surface area contributed by atoms with Gasteiger partial charge in [0, 0.05) is 5.69 Å². The monoisotopic (exact) mass is 380 g/mol. The smallest absolute Gasteiger partial charge is 0.291 e. The molecule has 7 nitrogen and oxygen atoms in total. The van der Waals surface area contributed by atoms with Crippen LogP contribution in [0.4, 0.5) is 11.4 Å². The minimum Gasteiger partial charge on any atom is -0.495 e. The number of hydrogen-bond acceptors (Lipinski definition) is 5. The Morgan fingerprint density at radius 1 is 1.04 bits per heavy atom. The predicted octanol–water partition coefficient (Wildman–Crippen LogP) is 3.39. The van der Waals surface area contributed by atoms with E-state index in [1.807, 2.05) is 0 Å². The molecule has 144 valence electrons. The average molecular weight is 380 g/mol. The second kappa shape index (κ2) is 7.98. The lowest BCUT2D eigenvalue weighted by atomic mass is 9.95. The first-order valence-corrected chi connectivity index (χ1v) is 8.54. The van der Waals surface area contributed by atoms with E-state index in [0.29, 0.717) is 22.7 Å². The van der Waals surface area contributed by atoms with Crippen LogP contribution in [-0.4, -0.2) is 24.0 Å². The van der Waals surface area contributed by atoms with E-state index in [-0.39, 0.29) is 5.76 Å². The van der Waals surface area contributed by atoms with Gasteiger partial charge in [0.15, 0.2) is 11.4 Å². The topological polar surface area (TPSA) is 101 Å². The zero-order chi connectivity index (χ0) is 20.1. The van der Waals surface area contributed by atoms with Crippen LogP contribution in [0.3, 0.4) is 0 Å². The molecule has 0 aliphatic rings. The van der Waals surface area contributed by atoms with Gasteiger partial charge in [-0.15, -0.1) is 0 Å². The molecule has 1 heterocycles. The Hall–Kier alpha value is -3.58. The van der Waals surface area contributed by atoms with E-state index in [4.69, 9.17) is 9.15 Å². The Bertz CT molecular complexity index is 966. The highest BCUT2D eigenvalue weighted by Gasteiger charge is 2.32. The molecule has 0 saturated carbocycles. The zero-order valence-corrected chi connectivity index (χ0v) is 15.4. The molecule has 2 amide bonds. The number of carbonyl (C=O) groups excluding carboxylic acids is 2. The third-order valence-corrected chi connectivity index (χ3v) is 4.23. The van der Waals surface area contributed by atoms with E-state index < -0.39 is 17.4 Å². The maximum Gasteiger partial charge on any atom is 0.291 e. The van der Waals surface area contributed by atoms with Crippen LogP contribution in [-0.2, 0) is 10.4 Å². The lowest BCUT2D eigenvalue weighted by molar-refractivity contribution is -0.133. The Kier molecular flexibility index (Phi) is 5.47. The fraction of sp³-hybridized carbons (Fsp3) is 0.143. The van der Waals surface area contributed by atoms with Crippen molar-refractivity contribution < 1.29 is 23.8 Å². The van der Waals surface area contributed by atoms with Crippen molar-refractivity contribution in [2.75, 3.05) is 17.7 Å². The normalized spacial score (nSPS) is 12.7. The number of aliphatic hydroxyl groups is 1. The first-order chi connectivity index (χ1) is 13.4. The van der Waals surface area contributed by atoms with Crippen molar-refractivity contribution in [2.24, 2.45) is 0 Å². The molecule has 1 atom stereocenters. The number of ether oxygens (including phenoxy) is 1. The lowest BCUT2D eigenvalue weighted by Gasteiger charge is -2.23. The summed E-state index contributed by atoms with van der Waals surface area (Å²) in [4.78, 5) is 24.8. The molecule has 0 fully saturated rings. The predicted molar refractivity (Wildman–Crippen MR) is 104 cm³/mol. The number of nitrogens with one attached hydrogen (secondary N) is 2. The summed E-state index contributed by atoms with van der Waals surface area (Å²) < 4.78 is 10.3. The molecule has 7 heteroatoms. The fourth-order valence-electron chi connectivity index (χ4n) is 2.62. The van der Waals surface area contributed by atoms with Crippen molar-refractivity contribution in [2.45, 2.75) is 12.5 Å². The summed E-state index contributed by atoms with van der Waals surface area (Å²) in [5.74, 6) is -0.508. The average Bonchev–Trinajstić information content (AvgIpc) is 3.24. The quantitative estimate of drug-likeness (QED) is 0.609. The van der Waals surface area contributed by atoms with E-state index in [2.05, 4.69) is 10.6 Å². The maximum absolute atomic E-state index is 12.6. The van der Waals surface area contributed by atoms with Crippen LogP contribution in [0, 0.1) is 0 Å². The first-order valence-electron chi connectivity index (χ1n) is 8.54. The second-order valence-corrected chi connectivity index (χ2v) is 6.24. The Morgan fingerprint density at radius 3 is 2.43 bits per heavy atom. The minimum absolute atomic E-state index is 0.142. The maximum atomic E-state index is 12.6. The van der Waals surface area contributed by atoms with Crippen LogP contribution < -0.4 is 15.4 Å². The molecule has 28 heavy (non-hydrogen) atoms. The molecule has 0 radical (unpaired) electrons. The molecule has 1 aromatic heterocycles. The van der Waals surface area contributed by atoms with E-state index >= 15 is 0 Å². The molecule has 0 aliphatic carbocycles. The SMILES string of the molecule is COc1ccc(NC(=O)C(C)(O)c2ccccc2)cc1NC(=O)c1ccco1. The number of amides is 2. The third-order valence-electron chi connectivity index (χ3n) is 4.23. The van der Waals surface area contributed by atoms with Gasteiger partial charge in [-0.1, -0.05) is 30.3 Å². The Balaban J connectivity index is 1.81. The molecular formula is C21H20N2O5. The van der Waals surface area contributed by atoms with Gasteiger partial charge in [0.1, 0.15) is 5.75 Å². The number of benzene rings is 2. The molecule has 0 saturated heterocycles.